The third kappa shape index (κ3) is 3.90. The number of nitrogens with zero attached hydrogens (tertiary/aromatic N) is 2. The van der Waals surface area contributed by atoms with E-state index in [0.717, 1.165) is 33.5 Å². The highest BCUT2D eigenvalue weighted by Crippen LogP contribution is 2.27. The molecule has 4 aromatic rings. The van der Waals surface area contributed by atoms with Gasteiger partial charge in [0.15, 0.2) is 0 Å². The van der Waals surface area contributed by atoms with Crippen LogP contribution in [0.3, 0.4) is 0 Å². The fourth-order valence-corrected chi connectivity index (χ4v) is 3.45. The van der Waals surface area contributed by atoms with Crippen LogP contribution >= 0.6 is 0 Å². The molecule has 0 atom stereocenters. The molecule has 0 saturated carbocycles. The number of pyridine rings is 1. The van der Waals surface area contributed by atoms with Crippen LogP contribution in [0.5, 0.6) is 0 Å². The number of rotatable bonds is 4. The van der Waals surface area contributed by atoms with E-state index in [9.17, 15) is 4.79 Å². The molecule has 4 nitrogen and oxygen atoms in total. The van der Waals surface area contributed by atoms with Crippen LogP contribution in [0.25, 0.3) is 22.2 Å². The largest absolute Gasteiger partial charge is 0.378 e. The van der Waals surface area contributed by atoms with E-state index in [2.05, 4.69) is 37.4 Å². The van der Waals surface area contributed by atoms with E-state index >= 15 is 0 Å². The molecular weight excluding hydrogens is 370 g/mol. The number of hydrogen-bond acceptors (Lipinski definition) is 3. The van der Waals surface area contributed by atoms with Gasteiger partial charge in [-0.3, -0.25) is 4.79 Å². The summed E-state index contributed by atoms with van der Waals surface area (Å²) in [6, 6.07) is 23.7. The number of carbonyl (C=O) groups excluding carboxylic acids is 1. The van der Waals surface area contributed by atoms with Gasteiger partial charge in [0.2, 0.25) is 0 Å². The first-order chi connectivity index (χ1) is 14.4. The van der Waals surface area contributed by atoms with Crippen molar-refractivity contribution in [2.75, 3.05) is 24.3 Å². The number of fused-ring (bicyclic) bond motifs is 1. The first-order valence-electron chi connectivity index (χ1n) is 9.98. The van der Waals surface area contributed by atoms with Crippen LogP contribution < -0.4 is 10.2 Å². The summed E-state index contributed by atoms with van der Waals surface area (Å²) >= 11 is 0. The number of amides is 1. The zero-order chi connectivity index (χ0) is 21.3. The van der Waals surface area contributed by atoms with E-state index in [1.165, 1.54) is 11.1 Å². The molecule has 0 spiro atoms. The van der Waals surface area contributed by atoms with Gasteiger partial charge in [-0.15, -0.1) is 0 Å². The van der Waals surface area contributed by atoms with Gasteiger partial charge in [0.05, 0.1) is 16.8 Å². The molecule has 150 valence electrons. The quantitative estimate of drug-likeness (QED) is 0.472. The monoisotopic (exact) mass is 395 g/mol. The van der Waals surface area contributed by atoms with Crippen molar-refractivity contribution in [3.8, 4) is 11.3 Å². The predicted molar refractivity (Wildman–Crippen MR) is 125 cm³/mol. The molecule has 0 aliphatic heterocycles. The summed E-state index contributed by atoms with van der Waals surface area (Å²) in [5.41, 5.74) is 7.51. The molecule has 3 aromatic carbocycles. The molecule has 4 rings (SSSR count). The number of benzene rings is 3. The molecule has 0 fully saturated rings. The molecule has 0 unspecified atom stereocenters. The maximum Gasteiger partial charge on any atom is 0.256 e. The summed E-state index contributed by atoms with van der Waals surface area (Å²) in [5, 5.41) is 3.87. The van der Waals surface area contributed by atoms with Crippen LogP contribution in [-0.2, 0) is 0 Å². The molecule has 1 amide bonds. The summed E-state index contributed by atoms with van der Waals surface area (Å²) in [4.78, 5) is 20.0. The minimum absolute atomic E-state index is 0.142. The second-order valence-electron chi connectivity index (χ2n) is 7.77. The van der Waals surface area contributed by atoms with Crippen molar-refractivity contribution in [3.63, 3.8) is 0 Å². The zero-order valence-electron chi connectivity index (χ0n) is 17.7. The first kappa shape index (κ1) is 19.6. The molecule has 0 radical (unpaired) electrons. The van der Waals surface area contributed by atoms with Gasteiger partial charge < -0.3 is 10.2 Å². The highest BCUT2D eigenvalue weighted by Gasteiger charge is 2.14. The number of hydrogen-bond donors (Lipinski definition) is 1. The zero-order valence-corrected chi connectivity index (χ0v) is 17.7. The lowest BCUT2D eigenvalue weighted by Gasteiger charge is -2.14. The SMILES string of the molecule is Cc1ccc(-c2cc(C(=O)Nc3ccc(N(C)C)cc3)c3ccccc3n2)cc1C. The van der Waals surface area contributed by atoms with Crippen LogP contribution in [0.15, 0.2) is 72.8 Å². The minimum Gasteiger partial charge on any atom is -0.378 e. The molecule has 1 N–H and O–H groups in total. The van der Waals surface area contributed by atoms with Gasteiger partial charge in [-0.05, 0) is 67.4 Å². The van der Waals surface area contributed by atoms with Gasteiger partial charge in [-0.25, -0.2) is 4.98 Å². The lowest BCUT2D eigenvalue weighted by molar-refractivity contribution is 0.102. The first-order valence-corrected chi connectivity index (χ1v) is 9.98. The minimum atomic E-state index is -0.142. The highest BCUT2D eigenvalue weighted by atomic mass is 16.1. The van der Waals surface area contributed by atoms with Crippen LogP contribution in [-0.4, -0.2) is 25.0 Å². The Morgan fingerprint density at radius 2 is 1.60 bits per heavy atom. The Labute approximate surface area is 177 Å². The van der Waals surface area contributed by atoms with E-state index in [1.54, 1.807) is 0 Å². The average molecular weight is 396 g/mol. The van der Waals surface area contributed by atoms with Crippen molar-refractivity contribution in [3.05, 3.63) is 89.5 Å². The molecule has 1 aromatic heterocycles. The summed E-state index contributed by atoms with van der Waals surface area (Å²) in [6.07, 6.45) is 0. The van der Waals surface area contributed by atoms with Gasteiger partial charge in [-0.1, -0.05) is 30.3 Å². The van der Waals surface area contributed by atoms with E-state index in [0.29, 0.717) is 5.56 Å². The highest BCUT2D eigenvalue weighted by molar-refractivity contribution is 6.13. The fraction of sp³-hybridized carbons (Fsp3) is 0.154. The summed E-state index contributed by atoms with van der Waals surface area (Å²) in [5.74, 6) is -0.142. The van der Waals surface area contributed by atoms with E-state index in [-0.39, 0.29) is 5.91 Å². The normalized spacial score (nSPS) is 10.8. The van der Waals surface area contributed by atoms with Crippen LogP contribution in [0, 0.1) is 13.8 Å². The van der Waals surface area contributed by atoms with Gasteiger partial charge in [0.1, 0.15) is 0 Å². The maximum atomic E-state index is 13.2. The van der Waals surface area contributed by atoms with E-state index < -0.39 is 0 Å². The van der Waals surface area contributed by atoms with Gasteiger partial charge >= 0.3 is 0 Å². The molecule has 1 heterocycles. The van der Waals surface area contributed by atoms with E-state index in [1.807, 2.05) is 73.6 Å². The smallest absolute Gasteiger partial charge is 0.256 e. The van der Waals surface area contributed by atoms with Gasteiger partial charge in [-0.2, -0.15) is 0 Å². The number of aryl methyl sites for hydroxylation is 2. The summed E-state index contributed by atoms with van der Waals surface area (Å²) < 4.78 is 0. The maximum absolute atomic E-state index is 13.2. The third-order valence-corrected chi connectivity index (χ3v) is 5.41. The van der Waals surface area contributed by atoms with Crippen molar-refractivity contribution < 1.29 is 4.79 Å². The van der Waals surface area contributed by atoms with Crippen molar-refractivity contribution in [1.82, 2.24) is 4.98 Å². The van der Waals surface area contributed by atoms with Crippen molar-refractivity contribution in [2.45, 2.75) is 13.8 Å². The second kappa shape index (κ2) is 7.99. The van der Waals surface area contributed by atoms with Crippen LogP contribution in [0.4, 0.5) is 11.4 Å². The lowest BCUT2D eigenvalue weighted by atomic mass is 10.0. The Hall–Kier alpha value is -3.66. The number of nitrogens with one attached hydrogen (secondary N) is 1. The van der Waals surface area contributed by atoms with Crippen molar-refractivity contribution in [1.29, 1.82) is 0 Å². The Morgan fingerprint density at radius 1 is 0.867 bits per heavy atom. The van der Waals surface area contributed by atoms with Crippen LogP contribution in [0.2, 0.25) is 0 Å². The van der Waals surface area contributed by atoms with Crippen molar-refractivity contribution in [2.24, 2.45) is 0 Å². The molecule has 30 heavy (non-hydrogen) atoms. The number of carbonyl (C=O) groups is 1. The third-order valence-electron chi connectivity index (χ3n) is 5.41. The number of aromatic nitrogens is 1. The second-order valence-corrected chi connectivity index (χ2v) is 7.77. The fourth-order valence-electron chi connectivity index (χ4n) is 3.45. The molecule has 0 bridgehead atoms. The van der Waals surface area contributed by atoms with Crippen molar-refractivity contribution >= 4 is 28.2 Å². The molecular formula is C26H25N3O. The molecule has 0 saturated heterocycles. The average Bonchev–Trinajstić information content (AvgIpc) is 2.75. The Balaban J connectivity index is 1.75. The topological polar surface area (TPSA) is 45.2 Å². The number of anilines is 2. The molecule has 0 aliphatic carbocycles. The van der Waals surface area contributed by atoms with Crippen LogP contribution in [0.1, 0.15) is 21.5 Å². The number of para-hydroxylation sites is 1. The molecule has 4 heteroatoms. The lowest BCUT2D eigenvalue weighted by Crippen LogP contribution is -2.13. The Bertz CT molecular complexity index is 1230. The predicted octanol–water partition coefficient (Wildman–Crippen LogP) is 5.84. The summed E-state index contributed by atoms with van der Waals surface area (Å²) in [6.45, 7) is 4.18. The molecule has 0 aliphatic rings. The Kier molecular flexibility index (Phi) is 5.23. The van der Waals surface area contributed by atoms with E-state index in [4.69, 9.17) is 4.98 Å². The standard InChI is InChI=1S/C26H25N3O/c1-17-9-10-19(15-18(17)2)25-16-23(22-7-5-6-8-24(22)28-25)26(30)27-20-11-13-21(14-12-20)29(3)4/h5-16H,1-4H3,(H,27,30). The van der Waals surface area contributed by atoms with Gasteiger partial charge in [0.25, 0.3) is 5.91 Å². The van der Waals surface area contributed by atoms with Gasteiger partial charge in [0, 0.05) is 36.4 Å². The summed E-state index contributed by atoms with van der Waals surface area (Å²) in [7, 11) is 3.98. The Morgan fingerprint density at radius 3 is 2.30 bits per heavy atom.